The summed E-state index contributed by atoms with van der Waals surface area (Å²) in [5, 5.41) is 7.59. The van der Waals surface area contributed by atoms with Crippen molar-refractivity contribution in [2.75, 3.05) is 4.90 Å². The van der Waals surface area contributed by atoms with E-state index in [1.165, 1.54) is 72.4 Å². The van der Waals surface area contributed by atoms with Gasteiger partial charge in [-0.05, 0) is 98.7 Å². The van der Waals surface area contributed by atoms with Gasteiger partial charge in [-0.15, -0.1) is 0 Å². The molecule has 6 aromatic rings. The minimum atomic E-state index is 0.349. The Kier molecular flexibility index (Phi) is 8.65. The SMILES string of the molecule is CC1/C=C\C=C/CCC/C=C\1c1ccc(N(C2=CC=C(c3cccc4ccccc34)C=CC2)c2cc3ccccc3c3ccccc23)cc1. The third-order valence-corrected chi connectivity index (χ3v) is 9.99. The van der Waals surface area contributed by atoms with Gasteiger partial charge in [-0.2, -0.15) is 0 Å². The fourth-order valence-corrected chi connectivity index (χ4v) is 7.49. The predicted molar refractivity (Wildman–Crippen MR) is 213 cm³/mol. The van der Waals surface area contributed by atoms with Gasteiger partial charge in [-0.1, -0.05) is 159 Å². The highest BCUT2D eigenvalue weighted by molar-refractivity contribution is 6.14. The first-order chi connectivity index (χ1) is 24.2. The smallest absolute Gasteiger partial charge is 0.0543 e. The molecule has 0 aliphatic heterocycles. The summed E-state index contributed by atoms with van der Waals surface area (Å²) in [5.74, 6) is 0.349. The van der Waals surface area contributed by atoms with E-state index in [0.717, 1.165) is 24.9 Å². The number of hydrogen-bond donors (Lipinski definition) is 0. The number of nitrogens with zero attached hydrogens (tertiary/aromatic N) is 1. The van der Waals surface area contributed by atoms with Gasteiger partial charge < -0.3 is 4.90 Å². The molecule has 0 N–H and O–H groups in total. The Morgan fingerprint density at radius 3 is 2.20 bits per heavy atom. The van der Waals surface area contributed by atoms with Gasteiger partial charge in [-0.25, -0.2) is 0 Å². The summed E-state index contributed by atoms with van der Waals surface area (Å²) in [6.07, 6.45) is 24.9. The molecule has 238 valence electrons. The topological polar surface area (TPSA) is 3.24 Å². The molecule has 0 fully saturated rings. The summed E-state index contributed by atoms with van der Waals surface area (Å²) >= 11 is 0. The summed E-state index contributed by atoms with van der Waals surface area (Å²) in [6.45, 7) is 2.31. The monoisotopic (exact) mass is 631 g/mol. The normalized spacial score (nSPS) is 19.0. The van der Waals surface area contributed by atoms with Crippen molar-refractivity contribution in [2.24, 2.45) is 5.92 Å². The molecule has 2 aliphatic rings. The van der Waals surface area contributed by atoms with Gasteiger partial charge in [0.15, 0.2) is 0 Å². The van der Waals surface area contributed by atoms with Gasteiger partial charge in [0.1, 0.15) is 0 Å². The quantitative estimate of drug-likeness (QED) is 0.171. The van der Waals surface area contributed by atoms with Crippen LogP contribution in [-0.4, -0.2) is 0 Å². The Balaban J connectivity index is 1.28. The zero-order chi connectivity index (χ0) is 33.0. The highest BCUT2D eigenvalue weighted by Crippen LogP contribution is 2.42. The standard InChI is InChI=1S/C48H41N/c1-35-16-6-4-2-3-5-7-22-42(35)38-29-32-41(33-30-38)49(48-34-39-18-9-11-24-45(39)46-25-12-13-26-47(46)48)40-21-14-19-37(28-31-40)44-27-15-20-36-17-8-10-23-43(36)44/h2,4,6,8-20,22-35H,3,5,7,21H2,1H3/b4-2-,16-6-,42-22+. The zero-order valence-electron chi connectivity index (χ0n) is 28.1. The molecule has 6 aromatic carbocycles. The maximum atomic E-state index is 2.49. The Morgan fingerprint density at radius 2 is 1.35 bits per heavy atom. The molecule has 2 aliphatic carbocycles. The lowest BCUT2D eigenvalue weighted by atomic mass is 9.91. The van der Waals surface area contributed by atoms with Gasteiger partial charge >= 0.3 is 0 Å². The largest absolute Gasteiger partial charge is 0.313 e. The van der Waals surface area contributed by atoms with E-state index >= 15 is 0 Å². The van der Waals surface area contributed by atoms with Crippen LogP contribution >= 0.6 is 0 Å². The number of benzene rings is 6. The zero-order valence-corrected chi connectivity index (χ0v) is 28.1. The number of anilines is 2. The van der Waals surface area contributed by atoms with E-state index in [9.17, 15) is 0 Å². The Morgan fingerprint density at radius 1 is 0.612 bits per heavy atom. The molecule has 1 nitrogen and oxygen atoms in total. The van der Waals surface area contributed by atoms with Crippen LogP contribution in [0.25, 0.3) is 43.5 Å². The molecule has 8 rings (SSSR count). The number of fused-ring (bicyclic) bond motifs is 4. The Bertz CT molecular complexity index is 2340. The van der Waals surface area contributed by atoms with Crippen molar-refractivity contribution in [2.45, 2.75) is 32.6 Å². The summed E-state index contributed by atoms with van der Waals surface area (Å²) in [7, 11) is 0. The highest BCUT2D eigenvalue weighted by atomic mass is 15.1. The van der Waals surface area contributed by atoms with E-state index in [4.69, 9.17) is 0 Å². The first-order valence-electron chi connectivity index (χ1n) is 17.6. The number of allylic oxidation sites excluding steroid dienone is 11. The summed E-state index contributed by atoms with van der Waals surface area (Å²) < 4.78 is 0. The predicted octanol–water partition coefficient (Wildman–Crippen LogP) is 13.5. The van der Waals surface area contributed by atoms with Crippen molar-refractivity contribution in [3.8, 4) is 0 Å². The van der Waals surface area contributed by atoms with Crippen LogP contribution in [0.2, 0.25) is 0 Å². The van der Waals surface area contributed by atoms with E-state index in [2.05, 4.69) is 188 Å². The summed E-state index contributed by atoms with van der Waals surface area (Å²) in [4.78, 5) is 2.49. The third-order valence-electron chi connectivity index (χ3n) is 9.99. The number of rotatable bonds is 5. The van der Waals surface area contributed by atoms with Crippen LogP contribution in [0.3, 0.4) is 0 Å². The van der Waals surface area contributed by atoms with Crippen molar-refractivity contribution in [3.05, 3.63) is 193 Å². The van der Waals surface area contributed by atoms with Gasteiger partial charge in [0.2, 0.25) is 0 Å². The van der Waals surface area contributed by atoms with Crippen LogP contribution in [0, 0.1) is 5.92 Å². The van der Waals surface area contributed by atoms with Crippen LogP contribution in [0.5, 0.6) is 0 Å². The maximum absolute atomic E-state index is 2.49. The van der Waals surface area contributed by atoms with E-state index < -0.39 is 0 Å². The molecule has 0 heterocycles. The molecule has 0 spiro atoms. The lowest BCUT2D eigenvalue weighted by molar-refractivity contribution is 0.855. The molecule has 0 saturated heterocycles. The second-order valence-corrected chi connectivity index (χ2v) is 13.2. The van der Waals surface area contributed by atoms with Crippen LogP contribution in [0.15, 0.2) is 182 Å². The molecular weight excluding hydrogens is 591 g/mol. The van der Waals surface area contributed by atoms with Crippen LogP contribution in [0.4, 0.5) is 11.4 Å². The van der Waals surface area contributed by atoms with Gasteiger partial charge in [0, 0.05) is 23.2 Å². The molecule has 0 amide bonds. The molecular formula is C48H41N. The van der Waals surface area contributed by atoms with E-state index in [1.807, 2.05) is 0 Å². The lowest BCUT2D eigenvalue weighted by Crippen LogP contribution is -2.16. The van der Waals surface area contributed by atoms with E-state index in [-0.39, 0.29) is 0 Å². The van der Waals surface area contributed by atoms with Crippen molar-refractivity contribution >= 4 is 54.8 Å². The Hall–Kier alpha value is -5.66. The maximum Gasteiger partial charge on any atom is 0.0543 e. The fourth-order valence-electron chi connectivity index (χ4n) is 7.49. The highest BCUT2D eigenvalue weighted by Gasteiger charge is 2.20. The van der Waals surface area contributed by atoms with Gasteiger partial charge in [0.25, 0.3) is 0 Å². The summed E-state index contributed by atoms with van der Waals surface area (Å²) in [5.41, 5.74) is 8.78. The molecule has 0 bridgehead atoms. The summed E-state index contributed by atoms with van der Waals surface area (Å²) in [6, 6.07) is 44.6. The van der Waals surface area contributed by atoms with Crippen LogP contribution in [-0.2, 0) is 0 Å². The van der Waals surface area contributed by atoms with Crippen molar-refractivity contribution in [1.82, 2.24) is 0 Å². The van der Waals surface area contributed by atoms with Crippen molar-refractivity contribution in [1.29, 1.82) is 0 Å². The van der Waals surface area contributed by atoms with E-state index in [0.29, 0.717) is 5.92 Å². The van der Waals surface area contributed by atoms with Crippen molar-refractivity contribution < 1.29 is 0 Å². The van der Waals surface area contributed by atoms with Crippen LogP contribution in [0.1, 0.15) is 43.7 Å². The third kappa shape index (κ3) is 6.21. The fraction of sp³-hybridized carbons (Fsp3) is 0.125. The van der Waals surface area contributed by atoms with Gasteiger partial charge in [-0.3, -0.25) is 0 Å². The molecule has 49 heavy (non-hydrogen) atoms. The first-order valence-corrected chi connectivity index (χ1v) is 17.6. The minimum Gasteiger partial charge on any atom is -0.313 e. The lowest BCUT2D eigenvalue weighted by Gasteiger charge is -2.29. The molecule has 0 aromatic heterocycles. The molecule has 1 unspecified atom stereocenters. The Labute approximate surface area is 290 Å². The van der Waals surface area contributed by atoms with Gasteiger partial charge in [0.05, 0.1) is 5.69 Å². The minimum absolute atomic E-state index is 0.349. The molecule has 1 heteroatoms. The average molecular weight is 632 g/mol. The second kappa shape index (κ2) is 13.8. The van der Waals surface area contributed by atoms with E-state index in [1.54, 1.807) is 0 Å². The average Bonchev–Trinajstić information content (AvgIpc) is 3.41. The molecule has 0 radical (unpaired) electrons. The molecule has 1 atom stereocenters. The first kappa shape index (κ1) is 30.7. The second-order valence-electron chi connectivity index (χ2n) is 13.2. The van der Waals surface area contributed by atoms with Crippen LogP contribution < -0.4 is 4.90 Å². The molecule has 0 saturated carbocycles. The number of hydrogen-bond acceptors (Lipinski definition) is 1. The van der Waals surface area contributed by atoms with Crippen molar-refractivity contribution in [3.63, 3.8) is 0 Å².